The molecule has 0 aliphatic carbocycles. The summed E-state index contributed by atoms with van der Waals surface area (Å²) in [6.07, 6.45) is 0.184. The van der Waals surface area contributed by atoms with Gasteiger partial charge >= 0.3 is 0 Å². The van der Waals surface area contributed by atoms with Crippen LogP contribution in [0.3, 0.4) is 0 Å². The van der Waals surface area contributed by atoms with Crippen LogP contribution in [0.5, 0.6) is 11.5 Å². The third kappa shape index (κ3) is 4.58. The van der Waals surface area contributed by atoms with Gasteiger partial charge in [0.25, 0.3) is 0 Å². The molecule has 138 valence electrons. The summed E-state index contributed by atoms with van der Waals surface area (Å²) in [7, 11) is 3.18. The molecule has 0 unspecified atom stereocenters. The molecule has 1 N–H and O–H groups in total. The molecule has 27 heavy (non-hydrogen) atoms. The van der Waals surface area contributed by atoms with Crippen molar-refractivity contribution < 1.29 is 14.3 Å². The number of hydrogen-bond acceptors (Lipinski definition) is 4. The summed E-state index contributed by atoms with van der Waals surface area (Å²) in [4.78, 5) is 12.8. The maximum atomic E-state index is 12.8. The molecular formula is C22H22N2O3. The van der Waals surface area contributed by atoms with Crippen molar-refractivity contribution in [2.45, 2.75) is 6.42 Å². The number of methoxy groups -OCH3 is 2. The van der Waals surface area contributed by atoms with Crippen molar-refractivity contribution in [2.75, 3.05) is 19.2 Å². The van der Waals surface area contributed by atoms with E-state index in [2.05, 4.69) is 5.43 Å². The van der Waals surface area contributed by atoms with Gasteiger partial charge in [0.1, 0.15) is 11.5 Å². The van der Waals surface area contributed by atoms with Gasteiger partial charge < -0.3 is 9.47 Å². The van der Waals surface area contributed by atoms with E-state index in [1.807, 2.05) is 72.8 Å². The van der Waals surface area contributed by atoms with E-state index in [-0.39, 0.29) is 12.3 Å². The molecule has 0 saturated heterocycles. The Morgan fingerprint density at radius 1 is 0.852 bits per heavy atom. The molecule has 5 nitrogen and oxygen atoms in total. The van der Waals surface area contributed by atoms with Gasteiger partial charge in [0.15, 0.2) is 0 Å². The molecule has 1 amide bonds. The van der Waals surface area contributed by atoms with Crippen LogP contribution in [0, 0.1) is 0 Å². The lowest BCUT2D eigenvalue weighted by atomic mass is 10.1. The predicted molar refractivity (Wildman–Crippen MR) is 106 cm³/mol. The van der Waals surface area contributed by atoms with Crippen molar-refractivity contribution in [1.29, 1.82) is 0 Å². The highest BCUT2D eigenvalue weighted by atomic mass is 16.5. The largest absolute Gasteiger partial charge is 0.497 e. The number of para-hydroxylation sites is 2. The Kier molecular flexibility index (Phi) is 5.94. The number of ether oxygens (including phenoxy) is 2. The second-order valence-corrected chi connectivity index (χ2v) is 5.90. The Hall–Kier alpha value is -3.47. The average Bonchev–Trinajstić information content (AvgIpc) is 2.73. The Morgan fingerprint density at radius 2 is 1.44 bits per heavy atom. The smallest absolute Gasteiger partial charge is 0.243 e. The second-order valence-electron chi connectivity index (χ2n) is 5.90. The number of carbonyl (C=O) groups is 1. The number of rotatable bonds is 7. The first kappa shape index (κ1) is 18.3. The van der Waals surface area contributed by atoms with Crippen LogP contribution in [0.25, 0.3) is 0 Å². The van der Waals surface area contributed by atoms with Crippen molar-refractivity contribution >= 4 is 17.3 Å². The van der Waals surface area contributed by atoms with Gasteiger partial charge in [-0.25, -0.2) is 0 Å². The lowest BCUT2D eigenvalue weighted by Crippen LogP contribution is -2.39. The summed E-state index contributed by atoms with van der Waals surface area (Å²) >= 11 is 0. The fourth-order valence-electron chi connectivity index (χ4n) is 2.77. The van der Waals surface area contributed by atoms with E-state index in [0.717, 1.165) is 16.9 Å². The molecule has 0 bridgehead atoms. The second kappa shape index (κ2) is 8.76. The first-order valence-corrected chi connectivity index (χ1v) is 8.62. The van der Waals surface area contributed by atoms with E-state index in [1.54, 1.807) is 25.3 Å². The highest BCUT2D eigenvalue weighted by Crippen LogP contribution is 2.26. The fraction of sp³-hybridized carbons (Fsp3) is 0.136. The number of carbonyl (C=O) groups excluding carboxylic acids is 1. The standard InChI is InChI=1S/C22H22N2O3/c1-26-20-14-13-17(21(16-20)27-2)15-22(25)23-24(18-9-5-3-6-10-18)19-11-7-4-8-12-19/h3-14,16H,15H2,1-2H3,(H,23,25). The molecule has 0 aromatic heterocycles. The zero-order valence-corrected chi connectivity index (χ0v) is 15.4. The topological polar surface area (TPSA) is 50.8 Å². The molecule has 0 atom stereocenters. The average molecular weight is 362 g/mol. The maximum Gasteiger partial charge on any atom is 0.243 e. The monoisotopic (exact) mass is 362 g/mol. The fourth-order valence-corrected chi connectivity index (χ4v) is 2.77. The van der Waals surface area contributed by atoms with E-state index in [9.17, 15) is 4.79 Å². The van der Waals surface area contributed by atoms with Gasteiger partial charge in [0.05, 0.1) is 32.0 Å². The van der Waals surface area contributed by atoms with Gasteiger partial charge in [-0.3, -0.25) is 15.2 Å². The summed E-state index contributed by atoms with van der Waals surface area (Å²) in [5.41, 5.74) is 5.52. The summed E-state index contributed by atoms with van der Waals surface area (Å²) in [5.74, 6) is 1.16. The Labute approximate surface area is 159 Å². The Bertz CT molecular complexity index is 843. The zero-order valence-electron chi connectivity index (χ0n) is 15.4. The van der Waals surface area contributed by atoms with Crippen LogP contribution in [-0.4, -0.2) is 20.1 Å². The van der Waals surface area contributed by atoms with Crippen LogP contribution >= 0.6 is 0 Å². The normalized spacial score (nSPS) is 10.1. The Morgan fingerprint density at radius 3 is 1.96 bits per heavy atom. The molecule has 3 rings (SSSR count). The summed E-state index contributed by atoms with van der Waals surface area (Å²) in [6.45, 7) is 0. The third-order valence-corrected chi connectivity index (χ3v) is 4.11. The zero-order chi connectivity index (χ0) is 19.1. The van der Waals surface area contributed by atoms with E-state index >= 15 is 0 Å². The van der Waals surface area contributed by atoms with Crippen molar-refractivity contribution in [2.24, 2.45) is 0 Å². The molecule has 0 saturated carbocycles. The van der Waals surface area contributed by atoms with E-state index in [1.165, 1.54) is 0 Å². The van der Waals surface area contributed by atoms with Gasteiger partial charge in [-0.1, -0.05) is 42.5 Å². The lowest BCUT2D eigenvalue weighted by Gasteiger charge is -2.25. The van der Waals surface area contributed by atoms with Crippen molar-refractivity contribution in [1.82, 2.24) is 5.43 Å². The van der Waals surface area contributed by atoms with Crippen LogP contribution < -0.4 is 19.9 Å². The van der Waals surface area contributed by atoms with Crippen LogP contribution in [0.4, 0.5) is 11.4 Å². The number of nitrogens with one attached hydrogen (secondary N) is 1. The molecular weight excluding hydrogens is 340 g/mol. The van der Waals surface area contributed by atoms with Crippen LogP contribution in [0.1, 0.15) is 5.56 Å². The van der Waals surface area contributed by atoms with E-state index < -0.39 is 0 Å². The highest BCUT2D eigenvalue weighted by Gasteiger charge is 2.15. The summed E-state index contributed by atoms with van der Waals surface area (Å²) in [5, 5.41) is 1.78. The number of nitrogens with zero attached hydrogens (tertiary/aromatic N) is 1. The number of benzene rings is 3. The minimum Gasteiger partial charge on any atom is -0.497 e. The van der Waals surface area contributed by atoms with Gasteiger partial charge in [0.2, 0.25) is 5.91 Å². The van der Waals surface area contributed by atoms with E-state index in [0.29, 0.717) is 11.5 Å². The molecule has 0 heterocycles. The van der Waals surface area contributed by atoms with Crippen molar-refractivity contribution in [3.05, 3.63) is 84.4 Å². The van der Waals surface area contributed by atoms with Crippen molar-refractivity contribution in [3.8, 4) is 11.5 Å². The first-order valence-electron chi connectivity index (χ1n) is 8.62. The number of hydrazine groups is 1. The molecule has 3 aromatic rings. The van der Waals surface area contributed by atoms with Crippen LogP contribution in [0.15, 0.2) is 78.9 Å². The molecule has 0 fully saturated rings. The highest BCUT2D eigenvalue weighted by molar-refractivity contribution is 5.83. The van der Waals surface area contributed by atoms with E-state index in [4.69, 9.17) is 9.47 Å². The number of amides is 1. The molecule has 3 aromatic carbocycles. The number of anilines is 2. The minimum atomic E-state index is -0.147. The summed E-state index contributed by atoms with van der Waals surface area (Å²) < 4.78 is 10.6. The third-order valence-electron chi connectivity index (χ3n) is 4.11. The predicted octanol–water partition coefficient (Wildman–Crippen LogP) is 4.12. The van der Waals surface area contributed by atoms with Gasteiger partial charge in [-0.15, -0.1) is 0 Å². The summed E-state index contributed by atoms with van der Waals surface area (Å²) in [6, 6.07) is 24.8. The first-order chi connectivity index (χ1) is 13.2. The SMILES string of the molecule is COc1ccc(CC(=O)NN(c2ccccc2)c2ccccc2)c(OC)c1. The lowest BCUT2D eigenvalue weighted by molar-refractivity contribution is -0.120. The molecule has 0 radical (unpaired) electrons. The molecule has 0 spiro atoms. The van der Waals surface area contributed by atoms with Gasteiger partial charge in [-0.2, -0.15) is 0 Å². The maximum absolute atomic E-state index is 12.8. The quantitative estimate of drug-likeness (QED) is 0.643. The minimum absolute atomic E-state index is 0.147. The molecule has 0 aliphatic heterocycles. The molecule has 5 heteroatoms. The molecule has 0 aliphatic rings. The Balaban J connectivity index is 1.81. The van der Waals surface area contributed by atoms with Gasteiger partial charge in [0, 0.05) is 11.6 Å². The number of hydrogen-bond donors (Lipinski definition) is 1. The van der Waals surface area contributed by atoms with Crippen LogP contribution in [0.2, 0.25) is 0 Å². The van der Waals surface area contributed by atoms with Gasteiger partial charge in [-0.05, 0) is 30.3 Å². The van der Waals surface area contributed by atoms with Crippen molar-refractivity contribution in [3.63, 3.8) is 0 Å². The van der Waals surface area contributed by atoms with Crippen LogP contribution in [-0.2, 0) is 11.2 Å².